The standard InChI is InChI=1S/C21H23F3O4/c1-2-3-9-18(25)19(21(22,23)24)28-20(26)16-10-12-17(13-11-16)27-14-15-7-5-4-6-8-15/h4-8,10-13,18-19,25H,2-3,9,14H2,1H3. The second-order valence-corrected chi connectivity index (χ2v) is 6.38. The average molecular weight is 396 g/mol. The van der Waals surface area contributed by atoms with Crippen molar-refractivity contribution < 1.29 is 32.5 Å². The van der Waals surface area contributed by atoms with Crippen molar-refractivity contribution in [3.05, 3.63) is 65.7 Å². The summed E-state index contributed by atoms with van der Waals surface area (Å²) >= 11 is 0. The van der Waals surface area contributed by atoms with Crippen molar-refractivity contribution in [2.45, 2.75) is 51.2 Å². The molecular weight excluding hydrogens is 373 g/mol. The fourth-order valence-corrected chi connectivity index (χ4v) is 2.54. The average Bonchev–Trinajstić information content (AvgIpc) is 2.68. The van der Waals surface area contributed by atoms with E-state index in [-0.39, 0.29) is 12.0 Å². The second-order valence-electron chi connectivity index (χ2n) is 6.38. The van der Waals surface area contributed by atoms with Crippen molar-refractivity contribution in [3.63, 3.8) is 0 Å². The quantitative estimate of drug-likeness (QED) is 0.613. The van der Waals surface area contributed by atoms with Gasteiger partial charge in [-0.1, -0.05) is 50.1 Å². The summed E-state index contributed by atoms with van der Waals surface area (Å²) in [6, 6.07) is 15.1. The Morgan fingerprint density at radius 2 is 1.71 bits per heavy atom. The molecule has 0 aromatic heterocycles. The maximum Gasteiger partial charge on any atom is 0.428 e. The molecule has 0 aliphatic carbocycles. The Balaban J connectivity index is 1.98. The van der Waals surface area contributed by atoms with Gasteiger partial charge in [0, 0.05) is 0 Å². The molecule has 28 heavy (non-hydrogen) atoms. The number of halogens is 3. The zero-order valence-corrected chi connectivity index (χ0v) is 15.5. The maximum atomic E-state index is 13.1. The number of alkyl halides is 3. The number of aliphatic hydroxyl groups is 1. The molecule has 2 aromatic carbocycles. The van der Waals surface area contributed by atoms with Crippen molar-refractivity contribution >= 4 is 5.97 Å². The molecule has 2 aromatic rings. The highest BCUT2D eigenvalue weighted by Crippen LogP contribution is 2.28. The van der Waals surface area contributed by atoms with E-state index in [4.69, 9.17) is 4.74 Å². The Kier molecular flexibility index (Phi) is 7.87. The number of hydrogen-bond acceptors (Lipinski definition) is 4. The van der Waals surface area contributed by atoms with Crippen LogP contribution in [-0.4, -0.2) is 29.5 Å². The van der Waals surface area contributed by atoms with Crippen LogP contribution >= 0.6 is 0 Å². The third kappa shape index (κ3) is 6.56. The lowest BCUT2D eigenvalue weighted by atomic mass is 10.1. The van der Waals surface area contributed by atoms with Crippen LogP contribution in [0.1, 0.15) is 42.1 Å². The summed E-state index contributed by atoms with van der Waals surface area (Å²) in [5, 5.41) is 9.78. The van der Waals surface area contributed by atoms with Gasteiger partial charge >= 0.3 is 12.1 Å². The lowest BCUT2D eigenvalue weighted by molar-refractivity contribution is -0.230. The molecule has 0 aliphatic heterocycles. The van der Waals surface area contributed by atoms with E-state index in [1.807, 2.05) is 30.3 Å². The minimum absolute atomic E-state index is 0.0518. The first-order valence-corrected chi connectivity index (χ1v) is 9.03. The van der Waals surface area contributed by atoms with Gasteiger partial charge in [-0.15, -0.1) is 0 Å². The molecule has 0 radical (unpaired) electrons. The van der Waals surface area contributed by atoms with Crippen LogP contribution in [0.15, 0.2) is 54.6 Å². The number of hydrogen-bond donors (Lipinski definition) is 1. The van der Waals surface area contributed by atoms with Gasteiger partial charge < -0.3 is 14.6 Å². The molecule has 0 spiro atoms. The molecular formula is C21H23F3O4. The summed E-state index contributed by atoms with van der Waals surface area (Å²) in [6.07, 6.45) is -8.27. The molecule has 7 heteroatoms. The summed E-state index contributed by atoms with van der Waals surface area (Å²) < 4.78 is 49.6. The topological polar surface area (TPSA) is 55.8 Å². The van der Waals surface area contributed by atoms with E-state index in [2.05, 4.69) is 4.74 Å². The van der Waals surface area contributed by atoms with Crippen LogP contribution in [0.4, 0.5) is 13.2 Å². The molecule has 2 atom stereocenters. The summed E-state index contributed by atoms with van der Waals surface area (Å²) in [4.78, 5) is 12.1. The fourth-order valence-electron chi connectivity index (χ4n) is 2.54. The van der Waals surface area contributed by atoms with Crippen molar-refractivity contribution in [2.75, 3.05) is 0 Å². The number of unbranched alkanes of at least 4 members (excludes halogenated alkanes) is 1. The van der Waals surface area contributed by atoms with Crippen LogP contribution in [0.3, 0.4) is 0 Å². The fraction of sp³-hybridized carbons (Fsp3) is 0.381. The van der Waals surface area contributed by atoms with E-state index in [0.29, 0.717) is 25.2 Å². The maximum absolute atomic E-state index is 13.1. The zero-order valence-electron chi connectivity index (χ0n) is 15.5. The predicted octanol–water partition coefficient (Wildman–Crippen LogP) is 4.90. The van der Waals surface area contributed by atoms with E-state index in [0.717, 1.165) is 5.56 Å². The van der Waals surface area contributed by atoms with Crippen LogP contribution in [0, 0.1) is 0 Å². The van der Waals surface area contributed by atoms with Crippen LogP contribution in [-0.2, 0) is 11.3 Å². The van der Waals surface area contributed by atoms with Gasteiger partial charge in [-0.05, 0) is 36.2 Å². The molecule has 0 heterocycles. The highest BCUT2D eigenvalue weighted by molar-refractivity contribution is 5.89. The first kappa shape index (κ1) is 21.8. The highest BCUT2D eigenvalue weighted by atomic mass is 19.4. The third-order valence-electron chi connectivity index (χ3n) is 4.10. The molecule has 0 fully saturated rings. The van der Waals surface area contributed by atoms with Crippen molar-refractivity contribution in [2.24, 2.45) is 0 Å². The van der Waals surface area contributed by atoms with Gasteiger partial charge in [0.1, 0.15) is 18.5 Å². The predicted molar refractivity (Wildman–Crippen MR) is 98.0 cm³/mol. The minimum atomic E-state index is -4.85. The summed E-state index contributed by atoms with van der Waals surface area (Å²) in [6.45, 7) is 2.12. The van der Waals surface area contributed by atoms with E-state index in [1.165, 1.54) is 24.3 Å². The molecule has 1 N–H and O–H groups in total. The Bertz CT molecular complexity index is 730. The Morgan fingerprint density at radius 3 is 2.29 bits per heavy atom. The molecule has 0 saturated heterocycles. The van der Waals surface area contributed by atoms with E-state index >= 15 is 0 Å². The molecule has 0 amide bonds. The largest absolute Gasteiger partial charge is 0.489 e. The molecule has 0 aliphatic rings. The van der Waals surface area contributed by atoms with E-state index in [9.17, 15) is 23.1 Å². The summed E-state index contributed by atoms with van der Waals surface area (Å²) in [5.74, 6) is -0.678. The normalized spacial score (nSPS) is 13.6. The summed E-state index contributed by atoms with van der Waals surface area (Å²) in [5.41, 5.74) is 0.907. The number of rotatable bonds is 9. The van der Waals surface area contributed by atoms with E-state index < -0.39 is 24.4 Å². The first-order valence-electron chi connectivity index (χ1n) is 9.03. The number of carbonyl (C=O) groups excluding carboxylic acids is 1. The number of esters is 1. The lowest BCUT2D eigenvalue weighted by Gasteiger charge is -2.25. The van der Waals surface area contributed by atoms with Gasteiger partial charge in [0.15, 0.2) is 0 Å². The Hall–Kier alpha value is -2.54. The van der Waals surface area contributed by atoms with Crippen LogP contribution in [0.25, 0.3) is 0 Å². The van der Waals surface area contributed by atoms with Gasteiger partial charge in [0.2, 0.25) is 6.10 Å². The molecule has 4 nitrogen and oxygen atoms in total. The number of aliphatic hydroxyl groups excluding tert-OH is 1. The van der Waals surface area contributed by atoms with Gasteiger partial charge in [-0.25, -0.2) is 4.79 Å². The lowest BCUT2D eigenvalue weighted by Crippen LogP contribution is -2.43. The minimum Gasteiger partial charge on any atom is -0.489 e. The van der Waals surface area contributed by atoms with Crippen LogP contribution in [0.5, 0.6) is 5.75 Å². The molecule has 152 valence electrons. The third-order valence-corrected chi connectivity index (χ3v) is 4.10. The molecule has 0 saturated carbocycles. The van der Waals surface area contributed by atoms with E-state index in [1.54, 1.807) is 6.92 Å². The van der Waals surface area contributed by atoms with Crippen molar-refractivity contribution in [1.82, 2.24) is 0 Å². The van der Waals surface area contributed by atoms with Crippen LogP contribution < -0.4 is 4.74 Å². The molecule has 0 bridgehead atoms. The van der Waals surface area contributed by atoms with Crippen molar-refractivity contribution in [1.29, 1.82) is 0 Å². The second kappa shape index (κ2) is 10.1. The SMILES string of the molecule is CCCCC(O)C(OC(=O)c1ccc(OCc2ccccc2)cc1)C(F)(F)F. The number of carbonyl (C=O) groups is 1. The van der Waals surface area contributed by atoms with Gasteiger partial charge in [0.05, 0.1) is 5.56 Å². The van der Waals surface area contributed by atoms with Crippen molar-refractivity contribution in [3.8, 4) is 5.75 Å². The highest BCUT2D eigenvalue weighted by Gasteiger charge is 2.47. The van der Waals surface area contributed by atoms with Gasteiger partial charge in [-0.3, -0.25) is 0 Å². The Morgan fingerprint density at radius 1 is 1.07 bits per heavy atom. The first-order chi connectivity index (χ1) is 13.3. The number of ether oxygens (including phenoxy) is 2. The molecule has 2 unspecified atom stereocenters. The molecule has 2 rings (SSSR count). The smallest absolute Gasteiger partial charge is 0.428 e. The number of benzene rings is 2. The van der Waals surface area contributed by atoms with Gasteiger partial charge in [0.25, 0.3) is 0 Å². The monoisotopic (exact) mass is 396 g/mol. The Labute approximate surface area is 161 Å². The van der Waals surface area contributed by atoms with Gasteiger partial charge in [-0.2, -0.15) is 13.2 Å². The zero-order chi connectivity index (χ0) is 20.6. The van der Waals surface area contributed by atoms with Crippen LogP contribution in [0.2, 0.25) is 0 Å². The summed E-state index contributed by atoms with van der Waals surface area (Å²) in [7, 11) is 0.